The first kappa shape index (κ1) is 25.0. The lowest BCUT2D eigenvalue weighted by molar-refractivity contribution is -0.220. The number of hydrogen-bond acceptors (Lipinski definition) is 6. The molecular weight excluding hydrogens is 400 g/mol. The molecule has 2 aliphatic rings. The van der Waals surface area contributed by atoms with Crippen LogP contribution < -0.4 is 0 Å². The summed E-state index contributed by atoms with van der Waals surface area (Å²) in [6.07, 6.45) is 4.99. The maximum atomic E-state index is 12.6. The molecule has 0 aliphatic heterocycles. The number of ether oxygens (including phenoxy) is 3. The van der Waals surface area contributed by atoms with E-state index in [9.17, 15) is 14.4 Å². The number of carbonyl (C=O) groups is 3. The van der Waals surface area contributed by atoms with Crippen LogP contribution in [0.1, 0.15) is 47.0 Å². The smallest absolute Gasteiger partial charge is 0.303 e. The van der Waals surface area contributed by atoms with Crippen LogP contribution in [0.3, 0.4) is 0 Å². The Balaban J connectivity index is 2.42. The van der Waals surface area contributed by atoms with Crippen molar-refractivity contribution in [1.82, 2.24) is 0 Å². The molecule has 170 valence electrons. The van der Waals surface area contributed by atoms with E-state index in [-0.39, 0.29) is 23.7 Å². The maximum absolute atomic E-state index is 12.6. The highest BCUT2D eigenvalue weighted by molar-refractivity contribution is 6.76. The fourth-order valence-electron chi connectivity index (χ4n) is 5.51. The number of carbonyl (C=O) groups excluding carboxylic acids is 3. The zero-order chi connectivity index (χ0) is 22.8. The van der Waals surface area contributed by atoms with Crippen LogP contribution >= 0.6 is 0 Å². The first-order valence-corrected chi connectivity index (χ1v) is 14.6. The van der Waals surface area contributed by atoms with Crippen LogP contribution in [0.25, 0.3) is 0 Å². The van der Waals surface area contributed by atoms with Crippen molar-refractivity contribution in [3.05, 3.63) is 11.6 Å². The summed E-state index contributed by atoms with van der Waals surface area (Å²) >= 11 is 0. The Bertz CT molecular complexity index is 694. The Morgan fingerprint density at radius 1 is 1.20 bits per heavy atom. The molecule has 1 fully saturated rings. The summed E-state index contributed by atoms with van der Waals surface area (Å²) in [6, 6.07) is 0.988. The van der Waals surface area contributed by atoms with Crippen molar-refractivity contribution in [1.29, 1.82) is 0 Å². The van der Waals surface area contributed by atoms with E-state index in [0.29, 0.717) is 19.3 Å². The van der Waals surface area contributed by atoms with Crippen LogP contribution in [0.5, 0.6) is 0 Å². The summed E-state index contributed by atoms with van der Waals surface area (Å²) in [5, 5.41) is 0. The highest BCUT2D eigenvalue weighted by atomic mass is 28.3. The Morgan fingerprint density at radius 2 is 1.87 bits per heavy atom. The van der Waals surface area contributed by atoms with Gasteiger partial charge < -0.3 is 14.2 Å². The standard InChI is InChI=1S/C23H38O6Si/c1-17(26)29-19-13-18(14-24)23(15-25,28-16-27-11-12-30(5,6)7)22(4)10-8-9-21(2,3)20(19)22/h13-15,19-20H,8-12,16H2,1-7H3/t19-,20+,22+,23-/m1/s1. The minimum Gasteiger partial charge on any atom is -0.458 e. The molecule has 0 radical (unpaired) electrons. The Morgan fingerprint density at radius 3 is 2.40 bits per heavy atom. The van der Waals surface area contributed by atoms with E-state index < -0.39 is 31.2 Å². The molecule has 0 aromatic rings. The van der Waals surface area contributed by atoms with Crippen LogP contribution in [0.15, 0.2) is 11.6 Å². The van der Waals surface area contributed by atoms with Gasteiger partial charge in [0.2, 0.25) is 0 Å². The summed E-state index contributed by atoms with van der Waals surface area (Å²) in [5.41, 5.74) is -2.11. The van der Waals surface area contributed by atoms with E-state index >= 15 is 0 Å². The van der Waals surface area contributed by atoms with Gasteiger partial charge in [0.05, 0.1) is 0 Å². The molecule has 0 heterocycles. The Hall–Kier alpha value is -1.31. The van der Waals surface area contributed by atoms with Crippen molar-refractivity contribution in [3.8, 4) is 0 Å². The van der Waals surface area contributed by atoms with Crippen LogP contribution in [-0.4, -0.2) is 51.7 Å². The number of aldehydes is 2. The molecule has 2 rings (SSSR count). The lowest BCUT2D eigenvalue weighted by Crippen LogP contribution is -2.65. The highest BCUT2D eigenvalue weighted by Gasteiger charge is 2.65. The van der Waals surface area contributed by atoms with Crippen molar-refractivity contribution in [2.75, 3.05) is 13.4 Å². The summed E-state index contributed by atoms with van der Waals surface area (Å²) < 4.78 is 17.5. The molecule has 1 saturated carbocycles. The summed E-state index contributed by atoms with van der Waals surface area (Å²) in [4.78, 5) is 36.5. The normalized spacial score (nSPS) is 33.2. The number of rotatable bonds is 9. The molecule has 7 heteroatoms. The Labute approximate surface area is 181 Å². The third-order valence-corrected chi connectivity index (χ3v) is 8.66. The average Bonchev–Trinajstić information content (AvgIpc) is 2.60. The zero-order valence-corrected chi connectivity index (χ0v) is 20.6. The molecule has 0 spiro atoms. The maximum Gasteiger partial charge on any atom is 0.303 e. The third-order valence-electron chi connectivity index (χ3n) is 6.96. The van der Waals surface area contributed by atoms with Gasteiger partial charge in [-0.05, 0) is 30.4 Å². The minimum atomic E-state index is -1.42. The lowest BCUT2D eigenvalue weighted by Gasteiger charge is -2.60. The van der Waals surface area contributed by atoms with Crippen LogP contribution in [0.2, 0.25) is 25.7 Å². The van der Waals surface area contributed by atoms with E-state index in [1.54, 1.807) is 6.08 Å². The van der Waals surface area contributed by atoms with E-state index in [1.807, 2.05) is 6.92 Å². The van der Waals surface area contributed by atoms with Crippen molar-refractivity contribution in [2.45, 2.75) is 84.3 Å². The van der Waals surface area contributed by atoms with Crippen molar-refractivity contribution < 1.29 is 28.6 Å². The van der Waals surface area contributed by atoms with Gasteiger partial charge in [-0.1, -0.05) is 46.8 Å². The fourth-order valence-corrected chi connectivity index (χ4v) is 6.27. The van der Waals surface area contributed by atoms with Gasteiger partial charge in [-0.15, -0.1) is 0 Å². The second kappa shape index (κ2) is 9.05. The predicted octanol–water partition coefficient (Wildman–Crippen LogP) is 4.16. The van der Waals surface area contributed by atoms with E-state index in [1.165, 1.54) is 6.92 Å². The molecule has 0 saturated heterocycles. The molecule has 6 nitrogen and oxygen atoms in total. The fraction of sp³-hybridized carbons (Fsp3) is 0.783. The van der Waals surface area contributed by atoms with Gasteiger partial charge in [-0.2, -0.15) is 0 Å². The van der Waals surface area contributed by atoms with Crippen LogP contribution in [0.4, 0.5) is 0 Å². The molecule has 0 N–H and O–H groups in total. The van der Waals surface area contributed by atoms with Gasteiger partial charge in [0.1, 0.15) is 19.2 Å². The van der Waals surface area contributed by atoms with Gasteiger partial charge in [-0.25, -0.2) is 0 Å². The van der Waals surface area contributed by atoms with E-state index in [4.69, 9.17) is 14.2 Å². The molecule has 30 heavy (non-hydrogen) atoms. The van der Waals surface area contributed by atoms with Crippen LogP contribution in [-0.2, 0) is 28.6 Å². The first-order chi connectivity index (χ1) is 13.8. The topological polar surface area (TPSA) is 78.9 Å². The lowest BCUT2D eigenvalue weighted by atomic mass is 9.46. The molecule has 4 atom stereocenters. The predicted molar refractivity (Wildman–Crippen MR) is 118 cm³/mol. The second-order valence-electron chi connectivity index (χ2n) is 10.9. The molecule has 0 amide bonds. The van der Waals surface area contributed by atoms with E-state index in [2.05, 4.69) is 33.5 Å². The summed E-state index contributed by atoms with van der Waals surface area (Å²) in [5.74, 6) is -0.571. The first-order valence-electron chi connectivity index (χ1n) is 10.9. The summed E-state index contributed by atoms with van der Waals surface area (Å²) in [7, 11) is -1.25. The molecule has 0 bridgehead atoms. The number of esters is 1. The largest absolute Gasteiger partial charge is 0.458 e. The van der Waals surface area contributed by atoms with Gasteiger partial charge in [0, 0.05) is 38.5 Å². The average molecular weight is 439 g/mol. The minimum absolute atomic E-state index is 0.0601. The number of fused-ring (bicyclic) bond motifs is 1. The van der Waals surface area contributed by atoms with Gasteiger partial charge in [0.25, 0.3) is 0 Å². The SMILES string of the molecule is CC(=O)O[C@@H]1C=C(C=O)[C@@](C=O)(OCOCC[Si](C)(C)C)[C@@]2(C)CCCC(C)(C)[C@H]12. The van der Waals surface area contributed by atoms with Gasteiger partial charge in [-0.3, -0.25) is 14.4 Å². The molecule has 0 unspecified atom stereocenters. The number of hydrogen-bond donors (Lipinski definition) is 0. The van der Waals surface area contributed by atoms with Gasteiger partial charge >= 0.3 is 5.97 Å². The second-order valence-corrected chi connectivity index (χ2v) is 16.5. The van der Waals surface area contributed by atoms with E-state index in [0.717, 1.165) is 25.2 Å². The quantitative estimate of drug-likeness (QED) is 0.177. The third kappa shape index (κ3) is 4.78. The highest BCUT2D eigenvalue weighted by Crippen LogP contribution is 2.62. The zero-order valence-electron chi connectivity index (χ0n) is 19.6. The van der Waals surface area contributed by atoms with Crippen molar-refractivity contribution >= 4 is 26.6 Å². The van der Waals surface area contributed by atoms with Gasteiger partial charge in [0.15, 0.2) is 11.9 Å². The van der Waals surface area contributed by atoms with Crippen molar-refractivity contribution in [2.24, 2.45) is 16.7 Å². The monoisotopic (exact) mass is 438 g/mol. The Kier molecular flexibility index (Phi) is 7.52. The van der Waals surface area contributed by atoms with Crippen molar-refractivity contribution in [3.63, 3.8) is 0 Å². The molecule has 0 aromatic carbocycles. The van der Waals surface area contributed by atoms with Crippen LogP contribution in [0, 0.1) is 16.7 Å². The molecular formula is C23H38O6Si. The molecule has 0 aromatic heterocycles. The summed E-state index contributed by atoms with van der Waals surface area (Å²) in [6.45, 7) is 14.9. The molecule has 2 aliphatic carbocycles.